The van der Waals surface area contributed by atoms with E-state index in [1.807, 2.05) is 0 Å². The standard InChI is InChI=1S/C14H19NO4/c16-9-14(3-1-2-4-14)8-15-13(19)10-5-11(17)7-12(18)6-10/h5-7,16-18H,1-4,8-9H2,(H,15,19). The molecule has 0 bridgehead atoms. The first-order valence-corrected chi connectivity index (χ1v) is 6.47. The zero-order valence-electron chi connectivity index (χ0n) is 10.7. The summed E-state index contributed by atoms with van der Waals surface area (Å²) in [4.78, 5) is 11.9. The molecule has 0 aromatic heterocycles. The number of phenolic OH excluding ortho intramolecular Hbond substituents is 2. The van der Waals surface area contributed by atoms with Gasteiger partial charge in [0.25, 0.3) is 5.91 Å². The Morgan fingerprint density at radius 3 is 2.26 bits per heavy atom. The number of aliphatic hydroxyl groups excluding tert-OH is 1. The highest BCUT2D eigenvalue weighted by Crippen LogP contribution is 2.37. The van der Waals surface area contributed by atoms with Gasteiger partial charge >= 0.3 is 0 Å². The summed E-state index contributed by atoms with van der Waals surface area (Å²) in [6.07, 6.45) is 3.97. The van der Waals surface area contributed by atoms with Crippen LogP contribution >= 0.6 is 0 Å². The van der Waals surface area contributed by atoms with Crippen LogP contribution in [-0.4, -0.2) is 34.4 Å². The maximum absolute atomic E-state index is 11.9. The lowest BCUT2D eigenvalue weighted by molar-refractivity contribution is 0.0880. The third-order valence-corrected chi connectivity index (χ3v) is 3.79. The fourth-order valence-electron chi connectivity index (χ4n) is 2.61. The van der Waals surface area contributed by atoms with E-state index in [1.54, 1.807) is 0 Å². The molecular formula is C14H19NO4. The van der Waals surface area contributed by atoms with Crippen LogP contribution in [0.4, 0.5) is 0 Å². The Hall–Kier alpha value is -1.75. The van der Waals surface area contributed by atoms with Crippen LogP contribution in [0.5, 0.6) is 11.5 Å². The van der Waals surface area contributed by atoms with E-state index in [0.29, 0.717) is 6.54 Å². The highest BCUT2D eigenvalue weighted by Gasteiger charge is 2.33. The number of amides is 1. The van der Waals surface area contributed by atoms with Crippen LogP contribution < -0.4 is 5.32 Å². The van der Waals surface area contributed by atoms with Gasteiger partial charge in [-0.05, 0) is 25.0 Å². The van der Waals surface area contributed by atoms with Crippen molar-refractivity contribution in [1.29, 1.82) is 0 Å². The molecule has 19 heavy (non-hydrogen) atoms. The second-order valence-electron chi connectivity index (χ2n) is 5.29. The molecule has 5 nitrogen and oxygen atoms in total. The van der Waals surface area contributed by atoms with Crippen LogP contribution in [0.2, 0.25) is 0 Å². The molecule has 1 aliphatic rings. The average Bonchev–Trinajstić information content (AvgIpc) is 2.84. The lowest BCUT2D eigenvalue weighted by atomic mass is 9.87. The first-order valence-electron chi connectivity index (χ1n) is 6.47. The molecule has 1 aliphatic carbocycles. The molecule has 0 unspecified atom stereocenters. The van der Waals surface area contributed by atoms with Crippen molar-refractivity contribution in [2.24, 2.45) is 5.41 Å². The number of aliphatic hydroxyl groups is 1. The van der Waals surface area contributed by atoms with Gasteiger partial charge in [0.05, 0.1) is 6.61 Å². The van der Waals surface area contributed by atoms with Crippen LogP contribution in [0.25, 0.3) is 0 Å². The molecule has 2 rings (SSSR count). The molecule has 0 radical (unpaired) electrons. The van der Waals surface area contributed by atoms with Crippen LogP contribution in [0.3, 0.4) is 0 Å². The summed E-state index contributed by atoms with van der Waals surface area (Å²) in [5.74, 6) is -0.656. The van der Waals surface area contributed by atoms with E-state index in [4.69, 9.17) is 0 Å². The minimum absolute atomic E-state index is 0.0680. The number of hydrogen-bond acceptors (Lipinski definition) is 4. The molecule has 1 aromatic rings. The topological polar surface area (TPSA) is 89.8 Å². The number of rotatable bonds is 4. The summed E-state index contributed by atoms with van der Waals surface area (Å²) < 4.78 is 0. The Balaban J connectivity index is 2.01. The van der Waals surface area contributed by atoms with Gasteiger partial charge in [0.1, 0.15) is 11.5 Å². The molecule has 5 heteroatoms. The van der Waals surface area contributed by atoms with Gasteiger partial charge < -0.3 is 20.6 Å². The second-order valence-corrected chi connectivity index (χ2v) is 5.29. The largest absolute Gasteiger partial charge is 0.508 e. The summed E-state index contributed by atoms with van der Waals surface area (Å²) in [7, 11) is 0. The summed E-state index contributed by atoms with van der Waals surface area (Å²) in [6, 6.07) is 3.77. The van der Waals surface area contributed by atoms with Crippen LogP contribution in [0.1, 0.15) is 36.0 Å². The summed E-state index contributed by atoms with van der Waals surface area (Å²) in [6.45, 7) is 0.483. The molecule has 4 N–H and O–H groups in total. The summed E-state index contributed by atoms with van der Waals surface area (Å²) in [5.41, 5.74) is -0.00211. The second kappa shape index (κ2) is 5.48. The molecule has 0 aliphatic heterocycles. The molecule has 0 saturated heterocycles. The van der Waals surface area contributed by atoms with Gasteiger partial charge in [0.2, 0.25) is 0 Å². The fourth-order valence-corrected chi connectivity index (χ4v) is 2.61. The van der Waals surface area contributed by atoms with Crippen molar-refractivity contribution in [2.75, 3.05) is 13.2 Å². The Morgan fingerprint density at radius 1 is 1.16 bits per heavy atom. The van der Waals surface area contributed by atoms with Crippen LogP contribution in [0.15, 0.2) is 18.2 Å². The van der Waals surface area contributed by atoms with Gasteiger partial charge in [-0.15, -0.1) is 0 Å². The van der Waals surface area contributed by atoms with Crippen molar-refractivity contribution in [3.63, 3.8) is 0 Å². The third kappa shape index (κ3) is 3.17. The first-order chi connectivity index (χ1) is 9.04. The molecule has 0 atom stereocenters. The molecular weight excluding hydrogens is 246 g/mol. The normalized spacial score (nSPS) is 17.3. The van der Waals surface area contributed by atoms with Crippen molar-refractivity contribution in [3.05, 3.63) is 23.8 Å². The van der Waals surface area contributed by atoms with Crippen LogP contribution in [-0.2, 0) is 0 Å². The van der Waals surface area contributed by atoms with Gasteiger partial charge in [-0.3, -0.25) is 4.79 Å². The molecule has 0 spiro atoms. The van der Waals surface area contributed by atoms with Crippen LogP contribution in [0, 0.1) is 5.41 Å². The molecule has 0 heterocycles. The SMILES string of the molecule is O=C(NCC1(CO)CCCC1)c1cc(O)cc(O)c1. The lowest BCUT2D eigenvalue weighted by Gasteiger charge is -2.26. The average molecular weight is 265 g/mol. The Labute approximate surface area is 111 Å². The molecule has 1 fully saturated rings. The van der Waals surface area contributed by atoms with Gasteiger partial charge in [-0.25, -0.2) is 0 Å². The first kappa shape index (κ1) is 13.7. The van der Waals surface area contributed by atoms with Crippen molar-refractivity contribution in [1.82, 2.24) is 5.32 Å². The van der Waals surface area contributed by atoms with E-state index in [2.05, 4.69) is 5.32 Å². The number of carbonyl (C=O) groups excluding carboxylic acids is 1. The lowest BCUT2D eigenvalue weighted by Crippen LogP contribution is -2.38. The number of hydrogen-bond donors (Lipinski definition) is 4. The number of nitrogens with one attached hydrogen (secondary N) is 1. The zero-order valence-corrected chi connectivity index (χ0v) is 10.7. The van der Waals surface area contributed by atoms with E-state index in [1.165, 1.54) is 18.2 Å². The predicted molar refractivity (Wildman–Crippen MR) is 70.1 cm³/mol. The van der Waals surface area contributed by atoms with Gasteiger partial charge in [-0.2, -0.15) is 0 Å². The maximum atomic E-state index is 11.9. The van der Waals surface area contributed by atoms with Crippen molar-refractivity contribution < 1.29 is 20.1 Å². The van der Waals surface area contributed by atoms with Gasteiger partial charge in [-0.1, -0.05) is 12.8 Å². The van der Waals surface area contributed by atoms with Gasteiger partial charge in [0, 0.05) is 23.6 Å². The Bertz CT molecular complexity index is 446. The van der Waals surface area contributed by atoms with E-state index in [9.17, 15) is 20.1 Å². The summed E-state index contributed by atoms with van der Waals surface area (Å²) in [5, 5.41) is 30.9. The molecule has 1 saturated carbocycles. The Morgan fingerprint density at radius 2 is 1.74 bits per heavy atom. The number of aromatic hydroxyl groups is 2. The monoisotopic (exact) mass is 265 g/mol. The summed E-state index contributed by atoms with van der Waals surface area (Å²) >= 11 is 0. The number of carbonyl (C=O) groups is 1. The molecule has 1 aromatic carbocycles. The Kier molecular flexibility index (Phi) is 3.95. The number of phenols is 2. The molecule has 1 amide bonds. The maximum Gasteiger partial charge on any atom is 0.251 e. The van der Waals surface area contributed by atoms with E-state index >= 15 is 0 Å². The smallest absolute Gasteiger partial charge is 0.251 e. The minimum Gasteiger partial charge on any atom is -0.508 e. The quantitative estimate of drug-likeness (QED) is 0.662. The van der Waals surface area contributed by atoms with E-state index in [-0.39, 0.29) is 35.0 Å². The number of benzene rings is 1. The third-order valence-electron chi connectivity index (χ3n) is 3.79. The van der Waals surface area contributed by atoms with E-state index < -0.39 is 0 Å². The van der Waals surface area contributed by atoms with Gasteiger partial charge in [0.15, 0.2) is 0 Å². The molecule has 104 valence electrons. The van der Waals surface area contributed by atoms with Crippen molar-refractivity contribution >= 4 is 5.91 Å². The predicted octanol–water partition coefficient (Wildman–Crippen LogP) is 1.38. The minimum atomic E-state index is -0.356. The highest BCUT2D eigenvalue weighted by molar-refractivity contribution is 5.95. The van der Waals surface area contributed by atoms with Crippen molar-refractivity contribution in [2.45, 2.75) is 25.7 Å². The fraction of sp³-hybridized carbons (Fsp3) is 0.500. The van der Waals surface area contributed by atoms with E-state index in [0.717, 1.165) is 25.7 Å². The zero-order chi connectivity index (χ0) is 13.9. The van der Waals surface area contributed by atoms with Crippen molar-refractivity contribution in [3.8, 4) is 11.5 Å². The highest BCUT2D eigenvalue weighted by atomic mass is 16.3.